The third kappa shape index (κ3) is 6.54. The number of carbonyl (C=O) groups is 3. The molecule has 1 atom stereocenters. The van der Waals surface area contributed by atoms with Gasteiger partial charge in [-0.15, -0.1) is 0 Å². The number of likely N-dealkylation sites (tertiary alicyclic amines) is 2. The van der Waals surface area contributed by atoms with E-state index in [-0.39, 0.29) is 36.3 Å². The number of halogens is 3. The number of fused-ring (bicyclic) bond motifs is 5. The van der Waals surface area contributed by atoms with Gasteiger partial charge in [-0.1, -0.05) is 18.2 Å². The van der Waals surface area contributed by atoms with Crippen LogP contribution in [0.3, 0.4) is 0 Å². The largest absolute Gasteiger partial charge is 0.355 e. The van der Waals surface area contributed by atoms with E-state index in [0.717, 1.165) is 58.9 Å². The maximum atomic E-state index is 15.3. The monoisotopic (exact) mass is 849 g/mol. The fraction of sp³-hybridized carbons (Fsp3) is 0.386. The molecule has 0 saturated carbocycles. The van der Waals surface area contributed by atoms with Gasteiger partial charge in [0.2, 0.25) is 18.2 Å². The molecule has 11 nitrogen and oxygen atoms in total. The number of benzene rings is 3. The standard InChI is InChI=1S/C44H42BrF2N7O4/c1-44(2)31-8-6-27(20-36(31)54-35-5-3-4-32(45)40(35)41(57)50-43(44)54)25-10-14-51(15-11-25)23-29-21-49-37(22-48-29)52-16-12-26(13-17-52)28-18-33(46)39(34(47)19-28)30-7-9-38(56)53(24-55)42(30)58/h3-6,8,18-22,24-26,30H,7,9-17,23H2,1-2H3. The summed E-state index contributed by atoms with van der Waals surface area (Å²) < 4.78 is 33.6. The van der Waals surface area contributed by atoms with Crippen molar-refractivity contribution >= 4 is 50.9 Å². The number of amides is 3. The predicted octanol–water partition coefficient (Wildman–Crippen LogP) is 7.01. The maximum absolute atomic E-state index is 15.3. The van der Waals surface area contributed by atoms with E-state index in [1.165, 1.54) is 23.3 Å². The highest BCUT2D eigenvalue weighted by atomic mass is 79.9. The molecule has 4 aliphatic rings. The molecule has 4 aliphatic heterocycles. The lowest BCUT2D eigenvalue weighted by Crippen LogP contribution is -2.43. The summed E-state index contributed by atoms with van der Waals surface area (Å²) in [4.78, 5) is 67.9. The zero-order valence-electron chi connectivity index (χ0n) is 32.3. The fourth-order valence-electron chi connectivity index (χ4n) is 9.57. The predicted molar refractivity (Wildman–Crippen MR) is 217 cm³/mol. The zero-order valence-corrected chi connectivity index (χ0v) is 33.8. The molecule has 9 rings (SSSR count). The van der Waals surface area contributed by atoms with Gasteiger partial charge in [-0.3, -0.25) is 33.6 Å². The van der Waals surface area contributed by atoms with Crippen LogP contribution in [0.1, 0.15) is 104 Å². The van der Waals surface area contributed by atoms with Gasteiger partial charge in [0.25, 0.3) is 5.56 Å². The van der Waals surface area contributed by atoms with Crippen molar-refractivity contribution in [1.82, 2.24) is 29.3 Å². The Kier molecular flexibility index (Phi) is 9.82. The van der Waals surface area contributed by atoms with Crippen LogP contribution in [0.25, 0.3) is 16.6 Å². The number of imide groups is 3. The summed E-state index contributed by atoms with van der Waals surface area (Å²) in [6, 6.07) is 15.2. The van der Waals surface area contributed by atoms with Gasteiger partial charge in [0.15, 0.2) is 0 Å². The molecule has 6 heterocycles. The van der Waals surface area contributed by atoms with E-state index >= 15 is 8.78 Å². The van der Waals surface area contributed by atoms with Gasteiger partial charge >= 0.3 is 0 Å². The highest BCUT2D eigenvalue weighted by Crippen LogP contribution is 2.45. The Hall–Kier alpha value is -5.21. The molecule has 3 aromatic carbocycles. The van der Waals surface area contributed by atoms with E-state index in [9.17, 15) is 19.2 Å². The van der Waals surface area contributed by atoms with Crippen molar-refractivity contribution in [2.75, 3.05) is 31.1 Å². The topological polar surface area (TPSA) is 122 Å². The van der Waals surface area contributed by atoms with Crippen molar-refractivity contribution in [3.8, 4) is 5.69 Å². The number of rotatable bonds is 7. The number of aromatic nitrogens is 4. The van der Waals surface area contributed by atoms with Gasteiger partial charge in [0.05, 0.1) is 46.0 Å². The second kappa shape index (κ2) is 14.9. The van der Waals surface area contributed by atoms with Gasteiger partial charge in [0, 0.05) is 36.1 Å². The van der Waals surface area contributed by atoms with Crippen molar-refractivity contribution < 1.29 is 23.2 Å². The molecule has 2 aromatic heterocycles. The molecule has 14 heteroatoms. The van der Waals surface area contributed by atoms with Crippen LogP contribution in [-0.4, -0.2) is 73.7 Å². The molecule has 0 bridgehead atoms. The Morgan fingerprint density at radius 1 is 0.862 bits per heavy atom. The normalized spacial score (nSPS) is 20.1. The average Bonchev–Trinajstić information content (AvgIpc) is 3.44. The van der Waals surface area contributed by atoms with Crippen LogP contribution in [0.4, 0.5) is 14.6 Å². The Bertz CT molecular complexity index is 2520. The summed E-state index contributed by atoms with van der Waals surface area (Å²) in [7, 11) is 0. The summed E-state index contributed by atoms with van der Waals surface area (Å²) in [6.45, 7) is 8.12. The minimum absolute atomic E-state index is 0.0436. The minimum atomic E-state index is -1.21. The van der Waals surface area contributed by atoms with E-state index < -0.39 is 34.8 Å². The molecule has 3 saturated heterocycles. The van der Waals surface area contributed by atoms with Gasteiger partial charge in [-0.25, -0.2) is 18.7 Å². The Balaban J connectivity index is 0.808. The molecule has 1 unspecified atom stereocenters. The second-order valence-electron chi connectivity index (χ2n) is 16.5. The molecule has 3 amide bonds. The third-order valence-electron chi connectivity index (χ3n) is 12.8. The van der Waals surface area contributed by atoms with Crippen LogP contribution in [0.5, 0.6) is 0 Å². The lowest BCUT2D eigenvalue weighted by molar-refractivity contribution is -0.152. The summed E-state index contributed by atoms with van der Waals surface area (Å²) in [5.74, 6) is -2.58. The second-order valence-corrected chi connectivity index (χ2v) is 17.3. The van der Waals surface area contributed by atoms with Crippen molar-refractivity contribution in [3.05, 3.63) is 121 Å². The Morgan fingerprint density at radius 2 is 1.57 bits per heavy atom. The lowest BCUT2D eigenvalue weighted by Gasteiger charge is -2.34. The van der Waals surface area contributed by atoms with Gasteiger partial charge in [-0.2, -0.15) is 4.98 Å². The third-order valence-corrected chi connectivity index (χ3v) is 13.5. The first kappa shape index (κ1) is 38.3. The van der Waals surface area contributed by atoms with Crippen molar-refractivity contribution in [3.63, 3.8) is 0 Å². The quantitative estimate of drug-likeness (QED) is 0.126. The van der Waals surface area contributed by atoms with Crippen molar-refractivity contribution in [2.24, 2.45) is 0 Å². The molecular formula is C44H42BrF2N7O4. The average molecular weight is 851 g/mol. The van der Waals surface area contributed by atoms with Gasteiger partial charge in [-0.05, 0) is 134 Å². The number of piperidine rings is 3. The van der Waals surface area contributed by atoms with Crippen LogP contribution in [0.15, 0.2) is 70.2 Å². The van der Waals surface area contributed by atoms with Crippen LogP contribution in [0.2, 0.25) is 0 Å². The Morgan fingerprint density at radius 3 is 2.26 bits per heavy atom. The van der Waals surface area contributed by atoms with Gasteiger partial charge < -0.3 is 4.90 Å². The molecule has 58 heavy (non-hydrogen) atoms. The first-order chi connectivity index (χ1) is 27.9. The number of hydrogen-bond donors (Lipinski definition) is 0. The smallest absolute Gasteiger partial charge is 0.281 e. The molecule has 0 spiro atoms. The van der Waals surface area contributed by atoms with Crippen molar-refractivity contribution in [2.45, 2.75) is 82.1 Å². The number of nitrogens with zero attached hydrogens (tertiary/aromatic N) is 7. The van der Waals surface area contributed by atoms with Crippen LogP contribution < -0.4 is 10.5 Å². The van der Waals surface area contributed by atoms with Crippen LogP contribution in [-0.2, 0) is 26.3 Å². The molecule has 0 aliphatic carbocycles. The highest BCUT2D eigenvalue weighted by molar-refractivity contribution is 9.10. The summed E-state index contributed by atoms with van der Waals surface area (Å²) in [5, 5.41) is 0.593. The number of anilines is 1. The maximum Gasteiger partial charge on any atom is 0.281 e. The molecule has 0 radical (unpaired) electrons. The molecule has 298 valence electrons. The van der Waals surface area contributed by atoms with E-state index in [2.05, 4.69) is 67.3 Å². The van der Waals surface area contributed by atoms with Crippen molar-refractivity contribution in [1.29, 1.82) is 0 Å². The van der Waals surface area contributed by atoms with E-state index in [1.54, 1.807) is 6.20 Å². The number of hydrogen-bond acceptors (Lipinski definition) is 9. The fourth-order valence-corrected chi connectivity index (χ4v) is 10.1. The molecule has 3 fully saturated rings. The number of carbonyl (C=O) groups excluding carboxylic acids is 3. The zero-order chi connectivity index (χ0) is 40.5. The van der Waals surface area contributed by atoms with Crippen LogP contribution >= 0.6 is 15.9 Å². The summed E-state index contributed by atoms with van der Waals surface area (Å²) in [5.41, 5.74) is 4.84. The van der Waals surface area contributed by atoms with Crippen LogP contribution in [0, 0.1) is 11.6 Å². The summed E-state index contributed by atoms with van der Waals surface area (Å²) in [6.07, 6.45) is 6.92. The molecular weight excluding hydrogens is 808 g/mol. The SMILES string of the molecule is CC1(C)c2ccc(C3CCN(Cc4cnc(N5CCC(c6cc(F)c(C7CCC(=O)N(C=O)C7=O)c(F)c6)CC5)cn4)CC3)cc2-n2c1nc(=O)c1c(Br)cccc12. The molecule has 0 N–H and O–H groups in total. The van der Waals surface area contributed by atoms with E-state index in [4.69, 9.17) is 9.97 Å². The van der Waals surface area contributed by atoms with E-state index in [0.29, 0.717) is 54.2 Å². The summed E-state index contributed by atoms with van der Waals surface area (Å²) >= 11 is 3.57. The minimum Gasteiger partial charge on any atom is -0.355 e. The lowest BCUT2D eigenvalue weighted by atomic mass is 9.83. The first-order valence-electron chi connectivity index (χ1n) is 19.9. The highest BCUT2D eigenvalue weighted by Gasteiger charge is 2.40. The Labute approximate surface area is 342 Å². The van der Waals surface area contributed by atoms with E-state index in [1.807, 2.05) is 24.4 Å². The first-order valence-corrected chi connectivity index (χ1v) is 20.7. The molecule has 5 aromatic rings. The van der Waals surface area contributed by atoms with Gasteiger partial charge in [0.1, 0.15) is 23.3 Å².